The third-order valence-corrected chi connectivity index (χ3v) is 7.36. The second-order valence-corrected chi connectivity index (χ2v) is 9.14. The maximum absolute atomic E-state index is 12.8. The van der Waals surface area contributed by atoms with Gasteiger partial charge in [0, 0.05) is 64.8 Å². The van der Waals surface area contributed by atoms with Crippen molar-refractivity contribution in [2.24, 2.45) is 5.73 Å². The Hall–Kier alpha value is -1.52. The van der Waals surface area contributed by atoms with Crippen molar-refractivity contribution in [1.29, 1.82) is 0 Å². The molecule has 0 saturated carbocycles. The molecule has 27 heavy (non-hydrogen) atoms. The molecule has 9 heteroatoms. The first-order valence-electron chi connectivity index (χ1n) is 9.40. The summed E-state index contributed by atoms with van der Waals surface area (Å²) in [7, 11) is -1.45. The van der Waals surface area contributed by atoms with Crippen LogP contribution in [0.1, 0.15) is 18.0 Å². The monoisotopic (exact) mass is 395 g/mol. The number of carbonyl (C=O) groups is 1. The molecule has 8 nitrogen and oxygen atoms in total. The number of benzene rings is 1. The zero-order chi connectivity index (χ0) is 19.4. The highest BCUT2D eigenvalue weighted by Gasteiger charge is 2.34. The van der Waals surface area contributed by atoms with Gasteiger partial charge in [0.15, 0.2) is 0 Å². The Bertz CT molecular complexity index is 727. The van der Waals surface area contributed by atoms with Crippen LogP contribution in [-0.2, 0) is 15.0 Å². The van der Waals surface area contributed by atoms with E-state index in [1.54, 1.807) is 9.21 Å². The Morgan fingerprint density at radius 1 is 0.963 bits per heavy atom. The van der Waals surface area contributed by atoms with E-state index >= 15 is 0 Å². The summed E-state index contributed by atoms with van der Waals surface area (Å²) < 4.78 is 28.6. The predicted octanol–water partition coefficient (Wildman–Crippen LogP) is -0.287. The number of hydrogen-bond acceptors (Lipinski definition) is 5. The molecule has 1 aromatic carbocycles. The Kier molecular flexibility index (Phi) is 6.48. The molecule has 2 N–H and O–H groups in total. The van der Waals surface area contributed by atoms with Gasteiger partial charge in [-0.3, -0.25) is 4.79 Å². The van der Waals surface area contributed by atoms with Gasteiger partial charge in [-0.05, 0) is 12.6 Å². The fourth-order valence-electron chi connectivity index (χ4n) is 3.49. The maximum atomic E-state index is 12.8. The zero-order valence-electron chi connectivity index (χ0n) is 15.8. The molecule has 2 saturated heterocycles. The molecule has 150 valence electrons. The first-order valence-corrected chi connectivity index (χ1v) is 10.8. The summed E-state index contributed by atoms with van der Waals surface area (Å²) in [5.74, 6) is -0.0250. The van der Waals surface area contributed by atoms with E-state index in [-0.39, 0.29) is 18.4 Å². The molecule has 0 bridgehead atoms. The minimum atomic E-state index is -3.45. The van der Waals surface area contributed by atoms with Crippen LogP contribution < -0.4 is 5.73 Å². The van der Waals surface area contributed by atoms with Gasteiger partial charge < -0.3 is 15.5 Å². The number of piperazine rings is 2. The van der Waals surface area contributed by atoms with E-state index in [1.807, 2.05) is 37.4 Å². The van der Waals surface area contributed by atoms with E-state index < -0.39 is 10.2 Å². The van der Waals surface area contributed by atoms with Gasteiger partial charge >= 0.3 is 0 Å². The summed E-state index contributed by atoms with van der Waals surface area (Å²) in [6.07, 6.45) is 0.231. The van der Waals surface area contributed by atoms with Gasteiger partial charge in [-0.15, -0.1) is 0 Å². The van der Waals surface area contributed by atoms with Crippen molar-refractivity contribution in [3.05, 3.63) is 35.9 Å². The van der Waals surface area contributed by atoms with Crippen molar-refractivity contribution in [3.63, 3.8) is 0 Å². The highest BCUT2D eigenvalue weighted by Crippen LogP contribution is 2.18. The topological polar surface area (TPSA) is 90.2 Å². The van der Waals surface area contributed by atoms with E-state index in [0.29, 0.717) is 39.3 Å². The number of likely N-dealkylation sites (N-methyl/N-ethyl adjacent to an activating group) is 1. The van der Waals surface area contributed by atoms with Gasteiger partial charge in [0.1, 0.15) is 0 Å². The Balaban J connectivity index is 1.51. The van der Waals surface area contributed by atoms with Crippen LogP contribution in [0.3, 0.4) is 0 Å². The van der Waals surface area contributed by atoms with Crippen molar-refractivity contribution >= 4 is 16.1 Å². The number of hydrogen-bond donors (Lipinski definition) is 1. The molecule has 2 heterocycles. The van der Waals surface area contributed by atoms with Crippen LogP contribution in [0.5, 0.6) is 0 Å². The Morgan fingerprint density at radius 2 is 1.48 bits per heavy atom. The van der Waals surface area contributed by atoms with Gasteiger partial charge in [-0.1, -0.05) is 30.3 Å². The molecular weight excluding hydrogens is 366 g/mol. The fraction of sp³-hybridized carbons (Fsp3) is 0.611. The molecule has 1 amide bonds. The largest absolute Gasteiger partial charge is 0.340 e. The van der Waals surface area contributed by atoms with Crippen LogP contribution in [0, 0.1) is 0 Å². The normalized spacial score (nSPS) is 21.9. The number of amides is 1. The lowest BCUT2D eigenvalue weighted by Crippen LogP contribution is -2.57. The summed E-state index contributed by atoms with van der Waals surface area (Å²) in [6.45, 7) is 4.01. The number of nitrogens with two attached hydrogens (primary N) is 1. The highest BCUT2D eigenvalue weighted by molar-refractivity contribution is 7.86. The smallest absolute Gasteiger partial charge is 0.282 e. The molecular formula is C18H29N5O3S. The molecule has 0 aliphatic carbocycles. The van der Waals surface area contributed by atoms with E-state index in [0.717, 1.165) is 18.7 Å². The van der Waals surface area contributed by atoms with Gasteiger partial charge in [0.2, 0.25) is 5.91 Å². The molecule has 1 atom stereocenters. The van der Waals surface area contributed by atoms with Gasteiger partial charge in [0.05, 0.1) is 0 Å². The van der Waals surface area contributed by atoms with E-state index in [1.165, 1.54) is 4.31 Å². The first-order chi connectivity index (χ1) is 12.9. The summed E-state index contributed by atoms with van der Waals surface area (Å²) in [4.78, 5) is 16.4. The van der Waals surface area contributed by atoms with Gasteiger partial charge in [0.25, 0.3) is 10.2 Å². The molecule has 0 radical (unpaired) electrons. The lowest BCUT2D eigenvalue weighted by atomic mass is 10.0. The Morgan fingerprint density at radius 3 is 2.04 bits per heavy atom. The van der Waals surface area contributed by atoms with E-state index in [4.69, 9.17) is 5.73 Å². The van der Waals surface area contributed by atoms with Crippen molar-refractivity contribution in [2.45, 2.75) is 12.5 Å². The van der Waals surface area contributed by atoms with Crippen LogP contribution in [-0.4, -0.2) is 92.1 Å². The van der Waals surface area contributed by atoms with Gasteiger partial charge in [-0.25, -0.2) is 0 Å². The summed E-state index contributed by atoms with van der Waals surface area (Å²) in [6, 6.07) is 9.21. The van der Waals surface area contributed by atoms with Crippen molar-refractivity contribution in [3.8, 4) is 0 Å². The standard InChI is InChI=1S/C18H29N5O3S/c1-20-7-11-22(12-8-20)27(25,26)23-13-9-21(10-14-23)18(24)15-17(19)16-5-3-2-4-6-16/h2-6,17H,7-15,19H2,1H3. The molecule has 3 rings (SSSR count). The molecule has 2 aliphatic heterocycles. The number of rotatable bonds is 5. The van der Waals surface area contributed by atoms with Gasteiger partial charge in [-0.2, -0.15) is 17.0 Å². The van der Waals surface area contributed by atoms with E-state index in [9.17, 15) is 13.2 Å². The molecule has 2 fully saturated rings. The number of carbonyl (C=O) groups excluding carboxylic acids is 1. The summed E-state index contributed by atoms with van der Waals surface area (Å²) >= 11 is 0. The average molecular weight is 396 g/mol. The van der Waals surface area contributed by atoms with Crippen LogP contribution in [0.25, 0.3) is 0 Å². The summed E-state index contributed by atoms with van der Waals surface area (Å²) in [5, 5.41) is 0. The zero-order valence-corrected chi connectivity index (χ0v) is 16.6. The van der Waals surface area contributed by atoms with Crippen LogP contribution >= 0.6 is 0 Å². The van der Waals surface area contributed by atoms with Crippen LogP contribution in [0.2, 0.25) is 0 Å². The van der Waals surface area contributed by atoms with E-state index in [2.05, 4.69) is 4.90 Å². The Labute approximate surface area is 161 Å². The quantitative estimate of drug-likeness (QED) is 0.740. The molecule has 0 aromatic heterocycles. The third kappa shape index (κ3) is 4.85. The molecule has 1 aromatic rings. The molecule has 2 aliphatic rings. The van der Waals surface area contributed by atoms with Crippen LogP contribution in [0.4, 0.5) is 0 Å². The fourth-order valence-corrected chi connectivity index (χ4v) is 5.06. The average Bonchev–Trinajstić information content (AvgIpc) is 2.69. The summed E-state index contributed by atoms with van der Waals surface area (Å²) in [5.41, 5.74) is 7.08. The number of nitrogens with zero attached hydrogens (tertiary/aromatic N) is 4. The van der Waals surface area contributed by atoms with Crippen molar-refractivity contribution in [1.82, 2.24) is 18.4 Å². The second kappa shape index (κ2) is 8.66. The second-order valence-electron chi connectivity index (χ2n) is 7.21. The van der Waals surface area contributed by atoms with Crippen LogP contribution in [0.15, 0.2) is 30.3 Å². The maximum Gasteiger partial charge on any atom is 0.282 e. The minimum Gasteiger partial charge on any atom is -0.340 e. The van der Waals surface area contributed by atoms with Crippen molar-refractivity contribution in [2.75, 3.05) is 59.4 Å². The van der Waals surface area contributed by atoms with Crippen molar-refractivity contribution < 1.29 is 13.2 Å². The lowest BCUT2D eigenvalue weighted by Gasteiger charge is -2.39. The molecule has 1 unspecified atom stereocenters. The predicted molar refractivity (Wildman–Crippen MR) is 104 cm³/mol. The first kappa shape index (κ1) is 20.2. The minimum absolute atomic E-state index is 0.0250. The highest BCUT2D eigenvalue weighted by atomic mass is 32.2. The third-order valence-electron chi connectivity index (χ3n) is 5.33. The SMILES string of the molecule is CN1CCN(S(=O)(=O)N2CCN(C(=O)CC(N)c3ccccc3)CC2)CC1. The lowest BCUT2D eigenvalue weighted by molar-refractivity contribution is -0.132. The molecule has 0 spiro atoms.